The smallest absolute Gasteiger partial charge is 0.268 e. The fourth-order valence-electron chi connectivity index (χ4n) is 1.74. The second-order valence-electron chi connectivity index (χ2n) is 4.11. The van der Waals surface area contributed by atoms with E-state index in [2.05, 4.69) is 15.5 Å². The van der Waals surface area contributed by atoms with E-state index in [9.17, 15) is 4.79 Å². The van der Waals surface area contributed by atoms with Crippen molar-refractivity contribution in [2.24, 2.45) is 7.05 Å². The van der Waals surface area contributed by atoms with E-state index in [1.807, 2.05) is 20.2 Å². The first kappa shape index (κ1) is 12.3. The predicted molar refractivity (Wildman–Crippen MR) is 69.6 cm³/mol. The molecule has 0 aliphatic carbocycles. The Hall–Kier alpha value is -2.11. The van der Waals surface area contributed by atoms with Gasteiger partial charge in [0.2, 0.25) is 0 Å². The maximum absolute atomic E-state index is 11.8. The molecule has 2 rings (SSSR count). The van der Waals surface area contributed by atoms with Gasteiger partial charge in [0.1, 0.15) is 0 Å². The molecule has 0 atom stereocenters. The van der Waals surface area contributed by atoms with E-state index in [4.69, 9.17) is 0 Å². The molecule has 96 valence electrons. The zero-order chi connectivity index (χ0) is 13.0. The van der Waals surface area contributed by atoms with E-state index < -0.39 is 0 Å². The van der Waals surface area contributed by atoms with Crippen LogP contribution in [0.5, 0.6) is 0 Å². The summed E-state index contributed by atoms with van der Waals surface area (Å²) in [7, 11) is 1.87. The number of nitrogens with one attached hydrogen (secondary N) is 1. The van der Waals surface area contributed by atoms with Crippen LogP contribution < -0.4 is 10.9 Å². The van der Waals surface area contributed by atoms with Crippen LogP contribution in [0.15, 0.2) is 29.5 Å². The molecule has 0 aliphatic heterocycles. The minimum absolute atomic E-state index is 0.0858. The highest BCUT2D eigenvalue weighted by molar-refractivity contribution is 5.38. The number of hydrogen-bond acceptors (Lipinski definition) is 4. The second kappa shape index (κ2) is 5.48. The average Bonchev–Trinajstić information content (AvgIpc) is 2.74. The van der Waals surface area contributed by atoms with Gasteiger partial charge >= 0.3 is 0 Å². The van der Waals surface area contributed by atoms with Gasteiger partial charge in [-0.1, -0.05) is 0 Å². The van der Waals surface area contributed by atoms with Crippen molar-refractivity contribution in [3.63, 3.8) is 0 Å². The predicted octanol–water partition coefficient (Wildman–Crippen LogP) is 0.651. The molecule has 0 saturated carbocycles. The molecule has 6 nitrogen and oxygen atoms in total. The number of anilines is 1. The number of aryl methyl sites for hydroxylation is 3. The minimum atomic E-state index is -0.0858. The van der Waals surface area contributed by atoms with E-state index in [-0.39, 0.29) is 5.56 Å². The van der Waals surface area contributed by atoms with Gasteiger partial charge in [0.05, 0.1) is 18.1 Å². The highest BCUT2D eigenvalue weighted by atomic mass is 16.1. The number of nitrogens with zero attached hydrogens (tertiary/aromatic N) is 4. The fourth-order valence-corrected chi connectivity index (χ4v) is 1.74. The van der Waals surface area contributed by atoms with Crippen molar-refractivity contribution in [2.45, 2.75) is 19.9 Å². The van der Waals surface area contributed by atoms with Crippen LogP contribution >= 0.6 is 0 Å². The summed E-state index contributed by atoms with van der Waals surface area (Å²) in [5.74, 6) is 0. The highest BCUT2D eigenvalue weighted by Crippen LogP contribution is 2.01. The molecule has 2 aromatic heterocycles. The normalized spacial score (nSPS) is 10.6. The molecule has 1 N–H and O–H groups in total. The van der Waals surface area contributed by atoms with Gasteiger partial charge < -0.3 is 5.32 Å². The largest absolute Gasteiger partial charge is 0.384 e. The third-order valence-electron chi connectivity index (χ3n) is 2.62. The minimum Gasteiger partial charge on any atom is -0.384 e. The van der Waals surface area contributed by atoms with E-state index in [0.717, 1.165) is 24.2 Å². The zero-order valence-corrected chi connectivity index (χ0v) is 10.6. The van der Waals surface area contributed by atoms with Crippen LogP contribution in [0.1, 0.15) is 12.5 Å². The van der Waals surface area contributed by atoms with Gasteiger partial charge in [0.25, 0.3) is 5.56 Å². The lowest BCUT2D eigenvalue weighted by Crippen LogP contribution is -2.23. The van der Waals surface area contributed by atoms with Crippen LogP contribution in [0.25, 0.3) is 0 Å². The summed E-state index contributed by atoms with van der Waals surface area (Å²) >= 11 is 0. The van der Waals surface area contributed by atoms with Gasteiger partial charge in [0.15, 0.2) is 0 Å². The van der Waals surface area contributed by atoms with Crippen molar-refractivity contribution >= 4 is 5.69 Å². The van der Waals surface area contributed by atoms with Crippen LogP contribution in [0.3, 0.4) is 0 Å². The van der Waals surface area contributed by atoms with Crippen molar-refractivity contribution < 1.29 is 0 Å². The van der Waals surface area contributed by atoms with Crippen molar-refractivity contribution in [1.29, 1.82) is 0 Å². The van der Waals surface area contributed by atoms with Crippen LogP contribution in [0.2, 0.25) is 0 Å². The molecule has 2 aromatic rings. The third kappa shape index (κ3) is 2.97. The first-order chi connectivity index (χ1) is 8.69. The standard InChI is InChI=1S/C12H17N5O/c1-3-13-11-6-12(18)17(15-8-11)5-4-10-7-14-16(2)9-10/h6-9,13H,3-5H2,1-2H3. The first-order valence-electron chi connectivity index (χ1n) is 5.97. The molecule has 0 aromatic carbocycles. The molecular formula is C12H17N5O. The van der Waals surface area contributed by atoms with Crippen LogP contribution in [-0.2, 0) is 20.0 Å². The second-order valence-corrected chi connectivity index (χ2v) is 4.11. The molecule has 0 bridgehead atoms. The SMILES string of the molecule is CCNc1cnn(CCc2cnn(C)c2)c(=O)c1. The Kier molecular flexibility index (Phi) is 3.76. The summed E-state index contributed by atoms with van der Waals surface area (Å²) in [5.41, 5.74) is 1.78. The van der Waals surface area contributed by atoms with Crippen LogP contribution in [0.4, 0.5) is 5.69 Å². The monoisotopic (exact) mass is 247 g/mol. The summed E-state index contributed by atoms with van der Waals surface area (Å²) in [6.45, 7) is 3.33. The Morgan fingerprint density at radius 1 is 1.33 bits per heavy atom. The Labute approximate surface area is 105 Å². The molecule has 0 saturated heterocycles. The van der Waals surface area contributed by atoms with E-state index >= 15 is 0 Å². The molecular weight excluding hydrogens is 230 g/mol. The maximum atomic E-state index is 11.8. The van der Waals surface area contributed by atoms with E-state index in [1.165, 1.54) is 4.68 Å². The van der Waals surface area contributed by atoms with Gasteiger partial charge in [0, 0.05) is 32.4 Å². The molecule has 0 fully saturated rings. The van der Waals surface area contributed by atoms with Crippen LogP contribution in [-0.4, -0.2) is 26.1 Å². The number of aromatic nitrogens is 4. The fraction of sp³-hybridized carbons (Fsp3) is 0.417. The van der Waals surface area contributed by atoms with Gasteiger partial charge in [-0.15, -0.1) is 0 Å². The number of hydrogen-bond donors (Lipinski definition) is 1. The molecule has 6 heteroatoms. The molecule has 18 heavy (non-hydrogen) atoms. The lowest BCUT2D eigenvalue weighted by atomic mass is 10.2. The van der Waals surface area contributed by atoms with Gasteiger partial charge in [-0.2, -0.15) is 10.2 Å². The summed E-state index contributed by atoms with van der Waals surface area (Å²) in [5, 5.41) is 11.3. The Morgan fingerprint density at radius 2 is 2.17 bits per heavy atom. The topological polar surface area (TPSA) is 64.7 Å². The Bertz CT molecular complexity index is 572. The summed E-state index contributed by atoms with van der Waals surface area (Å²) in [6, 6.07) is 1.57. The number of rotatable bonds is 5. The third-order valence-corrected chi connectivity index (χ3v) is 2.62. The van der Waals surface area contributed by atoms with Gasteiger partial charge in [-0.3, -0.25) is 9.48 Å². The lowest BCUT2D eigenvalue weighted by molar-refractivity contribution is 0.578. The Morgan fingerprint density at radius 3 is 2.78 bits per heavy atom. The zero-order valence-electron chi connectivity index (χ0n) is 10.6. The molecule has 0 spiro atoms. The molecule has 0 unspecified atom stereocenters. The van der Waals surface area contributed by atoms with E-state index in [0.29, 0.717) is 6.54 Å². The van der Waals surface area contributed by atoms with Gasteiger partial charge in [-0.05, 0) is 18.9 Å². The highest BCUT2D eigenvalue weighted by Gasteiger charge is 2.01. The molecule has 2 heterocycles. The van der Waals surface area contributed by atoms with Gasteiger partial charge in [-0.25, -0.2) is 4.68 Å². The summed E-state index contributed by atoms with van der Waals surface area (Å²) < 4.78 is 3.22. The first-order valence-corrected chi connectivity index (χ1v) is 5.97. The molecule has 0 amide bonds. The summed E-state index contributed by atoms with van der Waals surface area (Å²) in [4.78, 5) is 11.8. The quantitative estimate of drug-likeness (QED) is 0.842. The van der Waals surface area contributed by atoms with Crippen molar-refractivity contribution in [3.05, 3.63) is 40.6 Å². The molecule has 0 aliphatic rings. The lowest BCUT2D eigenvalue weighted by Gasteiger charge is -2.05. The Balaban J connectivity index is 2.03. The van der Waals surface area contributed by atoms with Crippen molar-refractivity contribution in [1.82, 2.24) is 19.6 Å². The molecule has 0 radical (unpaired) electrons. The maximum Gasteiger partial charge on any atom is 0.268 e. The van der Waals surface area contributed by atoms with E-state index in [1.54, 1.807) is 23.1 Å². The van der Waals surface area contributed by atoms with Crippen molar-refractivity contribution in [3.8, 4) is 0 Å². The summed E-state index contributed by atoms with van der Waals surface area (Å²) in [6.07, 6.45) is 6.17. The average molecular weight is 247 g/mol. The van der Waals surface area contributed by atoms with Crippen LogP contribution in [0, 0.1) is 0 Å². The van der Waals surface area contributed by atoms with Crippen molar-refractivity contribution in [2.75, 3.05) is 11.9 Å².